The lowest BCUT2D eigenvalue weighted by atomic mass is 10.0. The van der Waals surface area contributed by atoms with Gasteiger partial charge in [0.2, 0.25) is 0 Å². The van der Waals surface area contributed by atoms with E-state index in [0.29, 0.717) is 11.3 Å². The summed E-state index contributed by atoms with van der Waals surface area (Å²) in [5.74, 6) is 2.28. The quantitative estimate of drug-likeness (QED) is 0.827. The smallest absolute Gasteiger partial charge is 0.122 e. The van der Waals surface area contributed by atoms with Gasteiger partial charge in [-0.25, -0.2) is 0 Å². The van der Waals surface area contributed by atoms with Crippen molar-refractivity contribution in [1.29, 1.82) is 0 Å². The number of thioether (sulfide) groups is 1. The molecule has 3 heteroatoms. The Hall–Kier alpha value is -0.670. The molecular formula is C16H25NOS. The maximum Gasteiger partial charge on any atom is 0.122 e. The molecule has 0 fully saturated rings. The molecule has 1 atom stereocenters. The summed E-state index contributed by atoms with van der Waals surface area (Å²) < 4.78 is 5.55. The minimum atomic E-state index is 0.608. The lowest BCUT2D eigenvalue weighted by Gasteiger charge is -2.17. The fourth-order valence-corrected chi connectivity index (χ4v) is 3.31. The van der Waals surface area contributed by atoms with E-state index in [0.717, 1.165) is 25.2 Å². The molecule has 106 valence electrons. The molecule has 0 bridgehead atoms. The van der Waals surface area contributed by atoms with Crippen LogP contribution in [0.3, 0.4) is 0 Å². The van der Waals surface area contributed by atoms with Gasteiger partial charge in [0, 0.05) is 18.2 Å². The highest BCUT2D eigenvalue weighted by molar-refractivity contribution is 7.99. The van der Waals surface area contributed by atoms with Gasteiger partial charge in [-0.3, -0.25) is 0 Å². The molecule has 0 saturated carbocycles. The first-order valence-electron chi connectivity index (χ1n) is 7.22. The molecule has 0 aromatic heterocycles. The maximum atomic E-state index is 5.55. The van der Waals surface area contributed by atoms with Gasteiger partial charge < -0.3 is 10.1 Å². The summed E-state index contributed by atoms with van der Waals surface area (Å²) in [5, 5.41) is 4.15. The molecule has 2 nitrogen and oxygen atoms in total. The lowest BCUT2D eigenvalue weighted by Crippen LogP contribution is -2.28. The monoisotopic (exact) mass is 279 g/mol. The van der Waals surface area contributed by atoms with Gasteiger partial charge in [0.05, 0.1) is 6.61 Å². The Labute approximate surface area is 121 Å². The van der Waals surface area contributed by atoms with Crippen molar-refractivity contribution in [3.8, 4) is 5.75 Å². The summed E-state index contributed by atoms with van der Waals surface area (Å²) in [6.45, 7) is 5.37. The van der Waals surface area contributed by atoms with E-state index < -0.39 is 0 Å². The summed E-state index contributed by atoms with van der Waals surface area (Å²) in [6, 6.07) is 7.28. The predicted molar refractivity (Wildman–Crippen MR) is 84.4 cm³/mol. The van der Waals surface area contributed by atoms with Gasteiger partial charge in [0.25, 0.3) is 0 Å². The number of benzene rings is 1. The summed E-state index contributed by atoms with van der Waals surface area (Å²) in [4.78, 5) is 0. The molecule has 1 aliphatic heterocycles. The van der Waals surface area contributed by atoms with Crippen LogP contribution in [0.1, 0.15) is 31.4 Å². The Kier molecular flexibility index (Phi) is 5.59. The molecule has 0 aliphatic carbocycles. The van der Waals surface area contributed by atoms with Crippen molar-refractivity contribution < 1.29 is 4.74 Å². The van der Waals surface area contributed by atoms with Crippen LogP contribution in [0.5, 0.6) is 5.75 Å². The van der Waals surface area contributed by atoms with E-state index in [2.05, 4.69) is 44.4 Å². The van der Waals surface area contributed by atoms with Crippen LogP contribution in [0.15, 0.2) is 18.2 Å². The summed E-state index contributed by atoms with van der Waals surface area (Å²) in [6.07, 6.45) is 3.43. The fourth-order valence-electron chi connectivity index (χ4n) is 2.36. The second-order valence-corrected chi connectivity index (χ2v) is 7.06. The molecule has 19 heavy (non-hydrogen) atoms. The fraction of sp³-hybridized carbons (Fsp3) is 0.625. The predicted octanol–water partition coefficient (Wildman–Crippen LogP) is 3.28. The van der Waals surface area contributed by atoms with Crippen LogP contribution in [0.2, 0.25) is 0 Å². The lowest BCUT2D eigenvalue weighted by molar-refractivity contribution is 0.357. The van der Waals surface area contributed by atoms with Gasteiger partial charge >= 0.3 is 0 Å². The third-order valence-corrected chi connectivity index (χ3v) is 4.84. The highest BCUT2D eigenvalue weighted by Crippen LogP contribution is 2.26. The SMILES string of the molecule is CNC(CCc1ccc2c(c1)CCO2)CSC(C)C. The zero-order chi connectivity index (χ0) is 13.7. The number of nitrogens with one attached hydrogen (secondary N) is 1. The number of rotatable bonds is 7. The zero-order valence-corrected chi connectivity index (χ0v) is 13.1. The zero-order valence-electron chi connectivity index (χ0n) is 12.2. The Morgan fingerprint density at radius 3 is 2.95 bits per heavy atom. The number of hydrogen-bond donors (Lipinski definition) is 1. The van der Waals surface area contributed by atoms with E-state index in [1.165, 1.54) is 23.3 Å². The second kappa shape index (κ2) is 7.20. The highest BCUT2D eigenvalue weighted by Gasteiger charge is 2.13. The standard InChI is InChI=1S/C16H25NOS/c1-12(2)19-11-15(17-3)6-4-13-5-7-16-14(10-13)8-9-18-16/h5,7,10,12,15,17H,4,6,8-9,11H2,1-3H3. The normalized spacial score (nSPS) is 15.4. The van der Waals surface area contributed by atoms with E-state index in [1.54, 1.807) is 0 Å². The van der Waals surface area contributed by atoms with Gasteiger partial charge in [-0.05, 0) is 42.3 Å². The van der Waals surface area contributed by atoms with Crippen molar-refractivity contribution >= 4 is 11.8 Å². The van der Waals surface area contributed by atoms with E-state index in [9.17, 15) is 0 Å². The van der Waals surface area contributed by atoms with Gasteiger partial charge in [-0.1, -0.05) is 26.0 Å². The van der Waals surface area contributed by atoms with Crippen molar-refractivity contribution in [1.82, 2.24) is 5.32 Å². The van der Waals surface area contributed by atoms with Crippen molar-refractivity contribution in [2.75, 3.05) is 19.4 Å². The molecule has 1 aromatic rings. The van der Waals surface area contributed by atoms with E-state index in [-0.39, 0.29) is 0 Å². The van der Waals surface area contributed by atoms with Crippen molar-refractivity contribution in [3.63, 3.8) is 0 Å². The first-order chi connectivity index (χ1) is 9.19. The van der Waals surface area contributed by atoms with Gasteiger partial charge in [0.1, 0.15) is 5.75 Å². The van der Waals surface area contributed by atoms with Crippen LogP contribution in [0.4, 0.5) is 0 Å². The molecule has 0 radical (unpaired) electrons. The number of ether oxygens (including phenoxy) is 1. The van der Waals surface area contributed by atoms with E-state index >= 15 is 0 Å². The van der Waals surface area contributed by atoms with Gasteiger partial charge in [-0.2, -0.15) is 11.8 Å². The first-order valence-corrected chi connectivity index (χ1v) is 8.27. The maximum absolute atomic E-state index is 5.55. The molecule has 1 heterocycles. The summed E-state index contributed by atoms with van der Waals surface area (Å²) in [5.41, 5.74) is 2.83. The molecule has 1 N–H and O–H groups in total. The van der Waals surface area contributed by atoms with Gasteiger partial charge in [0.15, 0.2) is 0 Å². The summed E-state index contributed by atoms with van der Waals surface area (Å²) >= 11 is 2.04. The number of hydrogen-bond acceptors (Lipinski definition) is 3. The van der Waals surface area contributed by atoms with E-state index in [1.807, 2.05) is 11.8 Å². The molecule has 2 rings (SSSR count). The highest BCUT2D eigenvalue weighted by atomic mass is 32.2. The molecule has 1 unspecified atom stereocenters. The Bertz CT molecular complexity index is 406. The second-order valence-electron chi connectivity index (χ2n) is 5.45. The van der Waals surface area contributed by atoms with Crippen LogP contribution in [-0.4, -0.2) is 30.7 Å². The molecule has 0 saturated heterocycles. The molecule has 1 aromatic carbocycles. The Balaban J connectivity index is 1.83. The van der Waals surface area contributed by atoms with Crippen molar-refractivity contribution in [3.05, 3.63) is 29.3 Å². The molecule has 1 aliphatic rings. The minimum Gasteiger partial charge on any atom is -0.493 e. The van der Waals surface area contributed by atoms with Crippen LogP contribution < -0.4 is 10.1 Å². The van der Waals surface area contributed by atoms with E-state index in [4.69, 9.17) is 4.74 Å². The van der Waals surface area contributed by atoms with Crippen molar-refractivity contribution in [2.24, 2.45) is 0 Å². The number of fused-ring (bicyclic) bond motifs is 1. The molecule has 0 spiro atoms. The van der Waals surface area contributed by atoms with Crippen molar-refractivity contribution in [2.45, 2.75) is 44.4 Å². The Morgan fingerprint density at radius 2 is 2.21 bits per heavy atom. The topological polar surface area (TPSA) is 21.3 Å². The van der Waals surface area contributed by atoms with Crippen LogP contribution in [0.25, 0.3) is 0 Å². The van der Waals surface area contributed by atoms with Crippen LogP contribution in [-0.2, 0) is 12.8 Å². The number of aryl methyl sites for hydroxylation is 1. The third kappa shape index (κ3) is 4.43. The first kappa shape index (κ1) is 14.7. The summed E-state index contributed by atoms with van der Waals surface area (Å²) in [7, 11) is 2.07. The average Bonchev–Trinajstić information content (AvgIpc) is 2.86. The Morgan fingerprint density at radius 1 is 1.37 bits per heavy atom. The van der Waals surface area contributed by atoms with Gasteiger partial charge in [-0.15, -0.1) is 0 Å². The van der Waals surface area contributed by atoms with Crippen LogP contribution in [0, 0.1) is 0 Å². The van der Waals surface area contributed by atoms with Crippen LogP contribution >= 0.6 is 11.8 Å². The molecule has 0 amide bonds. The minimum absolute atomic E-state index is 0.608. The average molecular weight is 279 g/mol. The third-order valence-electron chi connectivity index (χ3n) is 3.57. The molecular weight excluding hydrogens is 254 g/mol. The largest absolute Gasteiger partial charge is 0.493 e.